The lowest BCUT2D eigenvalue weighted by Crippen LogP contribution is -2.19. The molecule has 1 aromatic carbocycles. The lowest BCUT2D eigenvalue weighted by Gasteiger charge is -2.16. The van der Waals surface area contributed by atoms with Crippen molar-refractivity contribution in [2.45, 2.75) is 0 Å². The van der Waals surface area contributed by atoms with E-state index in [1.165, 1.54) is 12.1 Å². The van der Waals surface area contributed by atoms with Crippen LogP contribution in [0, 0.1) is 15.9 Å². The highest BCUT2D eigenvalue weighted by molar-refractivity contribution is 7.99. The van der Waals surface area contributed by atoms with Gasteiger partial charge >= 0.3 is 0 Å². The summed E-state index contributed by atoms with van der Waals surface area (Å²) in [5.41, 5.74) is 0.351. The van der Waals surface area contributed by atoms with Crippen LogP contribution in [0.3, 0.4) is 0 Å². The van der Waals surface area contributed by atoms with Crippen molar-refractivity contribution in [3.8, 4) is 0 Å². The second-order valence-corrected chi connectivity index (χ2v) is 4.27. The van der Waals surface area contributed by atoms with Crippen LogP contribution >= 0.6 is 11.8 Å². The van der Waals surface area contributed by atoms with Crippen molar-refractivity contribution >= 4 is 23.1 Å². The molecule has 1 aromatic rings. The van der Waals surface area contributed by atoms with Gasteiger partial charge in [-0.1, -0.05) is 0 Å². The summed E-state index contributed by atoms with van der Waals surface area (Å²) in [6, 6.07) is 3.70. The molecule has 0 atom stereocenters. The van der Waals surface area contributed by atoms with Gasteiger partial charge in [0.2, 0.25) is 0 Å². The molecule has 0 amide bonds. The van der Waals surface area contributed by atoms with Crippen molar-refractivity contribution in [3.05, 3.63) is 34.1 Å². The lowest BCUT2D eigenvalue weighted by atomic mass is 10.2. The predicted molar refractivity (Wildman–Crippen MR) is 57.7 cm³/mol. The monoisotopic (exact) mass is 228 g/mol. The molecule has 1 saturated heterocycles. The first kappa shape index (κ1) is 10.2. The Balaban J connectivity index is 2.40. The molecule has 0 saturated carbocycles. The Morgan fingerprint density at radius 2 is 2.33 bits per heavy atom. The third-order valence-corrected chi connectivity index (χ3v) is 3.19. The van der Waals surface area contributed by atoms with Crippen molar-refractivity contribution in [2.24, 2.45) is 0 Å². The fourth-order valence-corrected chi connectivity index (χ4v) is 2.48. The first-order valence-electron chi connectivity index (χ1n) is 4.45. The summed E-state index contributed by atoms with van der Waals surface area (Å²) < 4.78 is 12.9. The Morgan fingerprint density at radius 3 is 2.93 bits per heavy atom. The summed E-state index contributed by atoms with van der Waals surface area (Å²) in [5, 5.41) is 10.7. The molecule has 1 aliphatic rings. The Bertz CT molecular complexity index is 394. The first-order chi connectivity index (χ1) is 7.18. The second kappa shape index (κ2) is 4.06. The zero-order valence-corrected chi connectivity index (χ0v) is 8.67. The van der Waals surface area contributed by atoms with Gasteiger partial charge in [-0.2, -0.15) is 0 Å². The van der Waals surface area contributed by atoms with Gasteiger partial charge in [0.05, 0.1) is 16.9 Å². The highest BCUT2D eigenvalue weighted by atomic mass is 32.2. The number of nitrogens with zero attached hydrogens (tertiary/aromatic N) is 2. The molecular weight excluding hydrogens is 219 g/mol. The molecule has 1 heterocycles. The molecular formula is C9H9FN2O2S. The molecule has 1 aliphatic heterocycles. The molecule has 0 aromatic heterocycles. The fourth-order valence-electron chi connectivity index (χ4n) is 1.51. The Morgan fingerprint density at radius 1 is 1.53 bits per heavy atom. The normalized spacial score (nSPS) is 15.7. The van der Waals surface area contributed by atoms with Crippen LogP contribution in [0.2, 0.25) is 0 Å². The van der Waals surface area contributed by atoms with Crippen molar-refractivity contribution in [2.75, 3.05) is 23.1 Å². The maximum absolute atomic E-state index is 12.9. The van der Waals surface area contributed by atoms with Crippen molar-refractivity contribution in [1.82, 2.24) is 0 Å². The van der Waals surface area contributed by atoms with Gasteiger partial charge in [0.15, 0.2) is 0 Å². The number of nitro benzene ring substituents is 1. The van der Waals surface area contributed by atoms with E-state index in [1.807, 2.05) is 4.90 Å². The quantitative estimate of drug-likeness (QED) is 0.575. The Labute approximate surface area is 90.2 Å². The molecule has 0 radical (unpaired) electrons. The van der Waals surface area contributed by atoms with E-state index in [0.717, 1.165) is 24.2 Å². The van der Waals surface area contributed by atoms with E-state index in [1.54, 1.807) is 11.8 Å². The number of thioether (sulfide) groups is 1. The minimum Gasteiger partial charge on any atom is -0.356 e. The number of hydrogen-bond donors (Lipinski definition) is 0. The van der Waals surface area contributed by atoms with Gasteiger partial charge in [-0.25, -0.2) is 4.39 Å². The number of rotatable bonds is 2. The van der Waals surface area contributed by atoms with E-state index < -0.39 is 10.7 Å². The number of nitro groups is 1. The van der Waals surface area contributed by atoms with Crippen molar-refractivity contribution in [1.29, 1.82) is 0 Å². The minimum atomic E-state index is -0.572. The predicted octanol–water partition coefficient (Wildman–Crippen LogP) is 2.24. The zero-order valence-electron chi connectivity index (χ0n) is 7.85. The lowest BCUT2D eigenvalue weighted by molar-refractivity contribution is -0.384. The maximum Gasteiger partial charge on any atom is 0.295 e. The van der Waals surface area contributed by atoms with Gasteiger partial charge in [0.1, 0.15) is 11.5 Å². The average molecular weight is 228 g/mol. The van der Waals surface area contributed by atoms with Crippen molar-refractivity contribution < 1.29 is 9.31 Å². The molecule has 6 heteroatoms. The first-order valence-corrected chi connectivity index (χ1v) is 5.60. The highest BCUT2D eigenvalue weighted by Gasteiger charge is 2.22. The van der Waals surface area contributed by atoms with Crippen LogP contribution in [0.15, 0.2) is 18.2 Å². The van der Waals surface area contributed by atoms with Gasteiger partial charge < -0.3 is 4.90 Å². The topological polar surface area (TPSA) is 46.4 Å². The molecule has 2 rings (SSSR count). The standard InChI is InChI=1S/C9H9FN2O2S/c10-7-1-2-8(9(5-7)12(13)14)11-3-4-15-6-11/h1-2,5H,3-4,6H2. The van der Waals surface area contributed by atoms with Crippen LogP contribution in [-0.4, -0.2) is 23.1 Å². The second-order valence-electron chi connectivity index (χ2n) is 3.19. The molecule has 15 heavy (non-hydrogen) atoms. The van der Waals surface area contributed by atoms with Crippen LogP contribution in [0.4, 0.5) is 15.8 Å². The van der Waals surface area contributed by atoms with E-state index in [4.69, 9.17) is 0 Å². The molecule has 0 unspecified atom stereocenters. The third-order valence-electron chi connectivity index (χ3n) is 2.23. The Kier molecular flexibility index (Phi) is 2.77. The molecule has 80 valence electrons. The molecule has 0 spiro atoms. The van der Waals surface area contributed by atoms with Crippen molar-refractivity contribution in [3.63, 3.8) is 0 Å². The van der Waals surface area contributed by atoms with Gasteiger partial charge in [-0.15, -0.1) is 11.8 Å². The number of hydrogen-bond acceptors (Lipinski definition) is 4. The summed E-state index contributed by atoms with van der Waals surface area (Å²) in [6.45, 7) is 0.775. The summed E-state index contributed by atoms with van der Waals surface area (Å²) >= 11 is 1.71. The van der Waals surface area contributed by atoms with Gasteiger partial charge in [-0.05, 0) is 12.1 Å². The highest BCUT2D eigenvalue weighted by Crippen LogP contribution is 2.32. The molecule has 1 fully saturated rings. The smallest absolute Gasteiger partial charge is 0.295 e. The van der Waals surface area contributed by atoms with Crippen LogP contribution < -0.4 is 4.90 Å². The fraction of sp³-hybridized carbons (Fsp3) is 0.333. The van der Waals surface area contributed by atoms with Crippen LogP contribution in [0.25, 0.3) is 0 Å². The molecule has 0 N–H and O–H groups in total. The van der Waals surface area contributed by atoms with Crippen LogP contribution in [0.5, 0.6) is 0 Å². The molecule has 4 nitrogen and oxygen atoms in total. The average Bonchev–Trinajstić information content (AvgIpc) is 2.70. The number of halogens is 1. The number of anilines is 1. The largest absolute Gasteiger partial charge is 0.356 e. The van der Waals surface area contributed by atoms with Gasteiger partial charge in [0.25, 0.3) is 5.69 Å². The van der Waals surface area contributed by atoms with E-state index >= 15 is 0 Å². The van der Waals surface area contributed by atoms with Crippen LogP contribution in [0.1, 0.15) is 0 Å². The van der Waals surface area contributed by atoms with E-state index in [-0.39, 0.29) is 5.69 Å². The summed E-state index contributed by atoms with van der Waals surface area (Å²) in [6.07, 6.45) is 0. The third kappa shape index (κ3) is 2.04. The molecule has 0 aliphatic carbocycles. The van der Waals surface area contributed by atoms with E-state index in [0.29, 0.717) is 5.69 Å². The SMILES string of the molecule is O=[N+]([O-])c1cc(F)ccc1N1CCSC1. The van der Waals surface area contributed by atoms with E-state index in [2.05, 4.69) is 0 Å². The summed E-state index contributed by atoms with van der Waals surface area (Å²) in [5.74, 6) is 1.11. The maximum atomic E-state index is 12.9. The van der Waals surface area contributed by atoms with Gasteiger partial charge in [-0.3, -0.25) is 10.1 Å². The minimum absolute atomic E-state index is 0.155. The van der Waals surface area contributed by atoms with Gasteiger partial charge in [0, 0.05) is 12.3 Å². The zero-order chi connectivity index (χ0) is 10.8. The number of benzene rings is 1. The Hall–Kier alpha value is -1.30. The summed E-state index contributed by atoms with van der Waals surface area (Å²) in [4.78, 5) is 12.1. The summed E-state index contributed by atoms with van der Waals surface area (Å²) in [7, 11) is 0. The van der Waals surface area contributed by atoms with Crippen LogP contribution in [-0.2, 0) is 0 Å². The molecule has 0 bridgehead atoms. The van der Waals surface area contributed by atoms with E-state index in [9.17, 15) is 14.5 Å².